The van der Waals surface area contributed by atoms with Crippen molar-refractivity contribution in [3.8, 4) is 0 Å². The maximum absolute atomic E-state index is 12.1. The molecule has 1 atom stereocenters. The first kappa shape index (κ1) is 14.0. The third-order valence-electron chi connectivity index (χ3n) is 3.17. The number of fused-ring (bicyclic) bond motifs is 1. The number of benzene rings is 1. The zero-order valence-electron chi connectivity index (χ0n) is 11.2. The highest BCUT2D eigenvalue weighted by Crippen LogP contribution is 2.16. The maximum atomic E-state index is 12.1. The minimum atomic E-state index is -0.859. The molecule has 1 unspecified atom stereocenters. The van der Waals surface area contributed by atoms with Crippen LogP contribution in [0.5, 0.6) is 0 Å². The van der Waals surface area contributed by atoms with Crippen LogP contribution in [-0.2, 0) is 4.79 Å². The van der Waals surface area contributed by atoms with Crippen molar-refractivity contribution in [2.75, 3.05) is 6.54 Å². The summed E-state index contributed by atoms with van der Waals surface area (Å²) in [4.78, 5) is 26.9. The first-order valence-electron chi connectivity index (χ1n) is 6.44. The summed E-state index contributed by atoms with van der Waals surface area (Å²) in [6, 6.07) is 9.36. The fourth-order valence-corrected chi connectivity index (χ4v) is 1.91. The number of amides is 1. The number of aromatic nitrogens is 1. The number of rotatable bonds is 5. The zero-order valence-corrected chi connectivity index (χ0v) is 11.2. The third-order valence-corrected chi connectivity index (χ3v) is 3.17. The Balaban J connectivity index is 2.06. The van der Waals surface area contributed by atoms with Gasteiger partial charge in [-0.3, -0.25) is 14.6 Å². The molecule has 20 heavy (non-hydrogen) atoms. The molecule has 0 aliphatic rings. The molecule has 0 saturated heterocycles. The highest BCUT2D eigenvalue weighted by Gasteiger charge is 2.13. The number of pyridine rings is 1. The standard InChI is InChI=1S/C15H16N2O3/c1-10(15(19)20)6-8-17-14(18)13-12-5-3-2-4-11(12)7-9-16-13/h2-5,7,9-10H,6,8H2,1H3,(H,17,18)(H,19,20). The molecule has 0 spiro atoms. The summed E-state index contributed by atoms with van der Waals surface area (Å²) in [6.45, 7) is 1.93. The van der Waals surface area contributed by atoms with Crippen LogP contribution in [0.4, 0.5) is 0 Å². The Morgan fingerprint density at radius 1 is 1.30 bits per heavy atom. The van der Waals surface area contributed by atoms with Crippen LogP contribution in [0.25, 0.3) is 10.8 Å². The van der Waals surface area contributed by atoms with E-state index in [1.807, 2.05) is 30.3 Å². The molecule has 1 aromatic heterocycles. The van der Waals surface area contributed by atoms with Gasteiger partial charge in [0.05, 0.1) is 5.92 Å². The molecule has 1 aromatic carbocycles. The van der Waals surface area contributed by atoms with Gasteiger partial charge in [-0.1, -0.05) is 31.2 Å². The van der Waals surface area contributed by atoms with Crippen molar-refractivity contribution in [3.63, 3.8) is 0 Å². The lowest BCUT2D eigenvalue weighted by atomic mass is 10.1. The number of nitrogens with one attached hydrogen (secondary N) is 1. The molecule has 0 bridgehead atoms. The van der Waals surface area contributed by atoms with Gasteiger partial charge in [0.1, 0.15) is 5.69 Å². The van der Waals surface area contributed by atoms with Crippen LogP contribution in [0.1, 0.15) is 23.8 Å². The van der Waals surface area contributed by atoms with Gasteiger partial charge in [-0.15, -0.1) is 0 Å². The summed E-state index contributed by atoms with van der Waals surface area (Å²) >= 11 is 0. The summed E-state index contributed by atoms with van der Waals surface area (Å²) in [6.07, 6.45) is 1.99. The van der Waals surface area contributed by atoms with Crippen molar-refractivity contribution in [1.29, 1.82) is 0 Å². The van der Waals surface area contributed by atoms with E-state index in [0.29, 0.717) is 18.7 Å². The SMILES string of the molecule is CC(CCNC(=O)c1nccc2ccccc12)C(=O)O. The van der Waals surface area contributed by atoms with Crippen molar-refractivity contribution < 1.29 is 14.7 Å². The highest BCUT2D eigenvalue weighted by molar-refractivity contribution is 6.05. The van der Waals surface area contributed by atoms with E-state index >= 15 is 0 Å². The lowest BCUT2D eigenvalue weighted by molar-refractivity contribution is -0.141. The summed E-state index contributed by atoms with van der Waals surface area (Å²) < 4.78 is 0. The second-order valence-electron chi connectivity index (χ2n) is 4.66. The highest BCUT2D eigenvalue weighted by atomic mass is 16.4. The Morgan fingerprint density at radius 2 is 2.05 bits per heavy atom. The molecule has 5 nitrogen and oxygen atoms in total. The quantitative estimate of drug-likeness (QED) is 0.873. The van der Waals surface area contributed by atoms with E-state index in [1.165, 1.54) is 0 Å². The maximum Gasteiger partial charge on any atom is 0.306 e. The molecule has 2 aromatic rings. The van der Waals surface area contributed by atoms with E-state index < -0.39 is 11.9 Å². The number of nitrogens with zero attached hydrogens (tertiary/aromatic N) is 1. The summed E-state index contributed by atoms with van der Waals surface area (Å²) in [7, 11) is 0. The number of carbonyl (C=O) groups is 2. The van der Waals surface area contributed by atoms with E-state index in [0.717, 1.165) is 10.8 Å². The summed E-state index contributed by atoms with van der Waals surface area (Å²) in [5, 5.41) is 13.2. The van der Waals surface area contributed by atoms with E-state index in [1.54, 1.807) is 13.1 Å². The van der Waals surface area contributed by atoms with Gasteiger partial charge < -0.3 is 10.4 Å². The van der Waals surface area contributed by atoms with Crippen LogP contribution in [0.3, 0.4) is 0 Å². The molecule has 1 amide bonds. The Bertz CT molecular complexity index is 635. The second-order valence-corrected chi connectivity index (χ2v) is 4.66. The van der Waals surface area contributed by atoms with E-state index in [-0.39, 0.29) is 5.91 Å². The predicted octanol–water partition coefficient (Wildman–Crippen LogP) is 2.08. The van der Waals surface area contributed by atoms with Gasteiger partial charge in [0.25, 0.3) is 5.91 Å². The van der Waals surface area contributed by atoms with Gasteiger partial charge >= 0.3 is 5.97 Å². The molecular weight excluding hydrogens is 256 g/mol. The van der Waals surface area contributed by atoms with E-state index in [9.17, 15) is 9.59 Å². The van der Waals surface area contributed by atoms with Crippen molar-refractivity contribution in [3.05, 3.63) is 42.2 Å². The fourth-order valence-electron chi connectivity index (χ4n) is 1.91. The molecule has 0 aliphatic carbocycles. The van der Waals surface area contributed by atoms with Crippen LogP contribution in [0, 0.1) is 5.92 Å². The average molecular weight is 272 g/mol. The Kier molecular flexibility index (Phi) is 4.30. The normalized spacial score (nSPS) is 12.1. The van der Waals surface area contributed by atoms with Crippen LogP contribution < -0.4 is 5.32 Å². The van der Waals surface area contributed by atoms with Crippen molar-refractivity contribution in [1.82, 2.24) is 10.3 Å². The van der Waals surface area contributed by atoms with Gasteiger partial charge in [0.2, 0.25) is 0 Å². The molecule has 0 radical (unpaired) electrons. The minimum Gasteiger partial charge on any atom is -0.481 e. The Morgan fingerprint density at radius 3 is 2.80 bits per heavy atom. The lowest BCUT2D eigenvalue weighted by Crippen LogP contribution is -2.27. The number of carboxylic acid groups (broad SMARTS) is 1. The molecule has 2 rings (SSSR count). The number of hydrogen-bond acceptors (Lipinski definition) is 3. The first-order valence-corrected chi connectivity index (χ1v) is 6.44. The average Bonchev–Trinajstić information content (AvgIpc) is 2.46. The van der Waals surface area contributed by atoms with Crippen molar-refractivity contribution in [2.45, 2.75) is 13.3 Å². The molecule has 5 heteroatoms. The van der Waals surface area contributed by atoms with Gasteiger partial charge in [-0.2, -0.15) is 0 Å². The number of carboxylic acids is 1. The monoisotopic (exact) mass is 272 g/mol. The number of aliphatic carboxylic acids is 1. The van der Waals surface area contributed by atoms with Gasteiger partial charge in [0, 0.05) is 18.1 Å². The van der Waals surface area contributed by atoms with Crippen LogP contribution >= 0.6 is 0 Å². The second kappa shape index (κ2) is 6.14. The predicted molar refractivity (Wildman–Crippen MR) is 75.5 cm³/mol. The van der Waals surface area contributed by atoms with E-state index in [2.05, 4.69) is 10.3 Å². The minimum absolute atomic E-state index is 0.278. The molecule has 0 fully saturated rings. The topological polar surface area (TPSA) is 79.3 Å². The molecule has 2 N–H and O–H groups in total. The van der Waals surface area contributed by atoms with Crippen molar-refractivity contribution >= 4 is 22.6 Å². The third kappa shape index (κ3) is 3.12. The summed E-state index contributed by atoms with van der Waals surface area (Å²) in [5.41, 5.74) is 0.367. The molecule has 1 heterocycles. The molecular formula is C15H16N2O3. The van der Waals surface area contributed by atoms with Crippen LogP contribution in [-0.4, -0.2) is 28.5 Å². The molecule has 0 aliphatic heterocycles. The van der Waals surface area contributed by atoms with Crippen LogP contribution in [0.15, 0.2) is 36.5 Å². The zero-order chi connectivity index (χ0) is 14.5. The van der Waals surface area contributed by atoms with Gasteiger partial charge in [0.15, 0.2) is 0 Å². The fraction of sp³-hybridized carbons (Fsp3) is 0.267. The first-order chi connectivity index (χ1) is 9.59. The largest absolute Gasteiger partial charge is 0.481 e. The Hall–Kier alpha value is -2.43. The van der Waals surface area contributed by atoms with E-state index in [4.69, 9.17) is 5.11 Å². The van der Waals surface area contributed by atoms with Crippen molar-refractivity contribution in [2.24, 2.45) is 5.92 Å². The van der Waals surface area contributed by atoms with Crippen LogP contribution in [0.2, 0.25) is 0 Å². The lowest BCUT2D eigenvalue weighted by Gasteiger charge is -2.09. The summed E-state index contributed by atoms with van der Waals surface area (Å²) in [5.74, 6) is -1.61. The molecule has 104 valence electrons. The Labute approximate surface area is 116 Å². The van der Waals surface area contributed by atoms with Gasteiger partial charge in [-0.05, 0) is 17.9 Å². The smallest absolute Gasteiger partial charge is 0.306 e. The number of hydrogen-bond donors (Lipinski definition) is 2. The van der Waals surface area contributed by atoms with Gasteiger partial charge in [-0.25, -0.2) is 0 Å². The molecule has 0 saturated carbocycles. The number of carbonyl (C=O) groups excluding carboxylic acids is 1.